The molecule has 0 aromatic carbocycles. The number of aromatic nitrogens is 3. The predicted molar refractivity (Wildman–Crippen MR) is 118 cm³/mol. The zero-order chi connectivity index (χ0) is 22.2. The van der Waals surface area contributed by atoms with Gasteiger partial charge in [-0.3, -0.25) is 4.98 Å². The summed E-state index contributed by atoms with van der Waals surface area (Å²) in [5.41, 5.74) is 4.18. The average molecular weight is 442 g/mol. The van der Waals surface area contributed by atoms with Gasteiger partial charge in [0.1, 0.15) is 16.4 Å². The van der Waals surface area contributed by atoms with E-state index in [1.807, 2.05) is 44.2 Å². The number of rotatable bonds is 5. The van der Waals surface area contributed by atoms with E-state index in [2.05, 4.69) is 15.5 Å². The normalized spacial score (nSPS) is 15.9. The van der Waals surface area contributed by atoms with Crippen molar-refractivity contribution < 1.29 is 12.9 Å². The maximum Gasteiger partial charge on any atom is 0.248 e. The van der Waals surface area contributed by atoms with E-state index in [0.29, 0.717) is 37.4 Å². The van der Waals surface area contributed by atoms with Crippen molar-refractivity contribution in [2.24, 2.45) is 0 Å². The summed E-state index contributed by atoms with van der Waals surface area (Å²) in [4.78, 5) is 9.42. The Hall–Kier alpha value is -2.78. The van der Waals surface area contributed by atoms with E-state index in [4.69, 9.17) is 9.51 Å². The van der Waals surface area contributed by atoms with Gasteiger partial charge in [-0.15, -0.1) is 0 Å². The van der Waals surface area contributed by atoms with Crippen LogP contribution in [0.2, 0.25) is 0 Å². The molecule has 3 aromatic rings. The van der Waals surface area contributed by atoms with Gasteiger partial charge in [0.25, 0.3) is 0 Å². The second kappa shape index (κ2) is 8.39. The van der Waals surface area contributed by atoms with Gasteiger partial charge >= 0.3 is 0 Å². The Morgan fingerprint density at radius 2 is 1.77 bits per heavy atom. The number of nitrogens with zero attached hydrogens (tertiary/aromatic N) is 4. The van der Waals surface area contributed by atoms with Crippen molar-refractivity contribution in [3.8, 4) is 0 Å². The van der Waals surface area contributed by atoms with Crippen molar-refractivity contribution >= 4 is 21.5 Å². The highest BCUT2D eigenvalue weighted by Gasteiger charge is 2.34. The lowest BCUT2D eigenvalue weighted by Gasteiger charge is -2.31. The second-order valence-corrected chi connectivity index (χ2v) is 9.92. The fourth-order valence-corrected chi connectivity index (χ4v) is 5.86. The van der Waals surface area contributed by atoms with Gasteiger partial charge < -0.3 is 9.84 Å². The molecule has 0 amide bonds. The Bertz CT molecular complexity index is 1180. The van der Waals surface area contributed by atoms with Crippen molar-refractivity contribution in [2.75, 3.05) is 18.4 Å². The fraction of sp³-hybridized carbons (Fsp3) is 0.409. The van der Waals surface area contributed by atoms with Crippen LogP contribution in [0.3, 0.4) is 0 Å². The number of anilines is 2. The van der Waals surface area contributed by atoms with Crippen LogP contribution in [0.1, 0.15) is 47.3 Å². The van der Waals surface area contributed by atoms with Crippen LogP contribution in [0.5, 0.6) is 0 Å². The lowest BCUT2D eigenvalue weighted by atomic mass is 9.93. The van der Waals surface area contributed by atoms with E-state index in [9.17, 15) is 8.42 Å². The molecule has 4 rings (SSSR count). The quantitative estimate of drug-likeness (QED) is 0.638. The van der Waals surface area contributed by atoms with Crippen LogP contribution >= 0.6 is 0 Å². The van der Waals surface area contributed by atoms with E-state index < -0.39 is 10.0 Å². The van der Waals surface area contributed by atoms with Crippen molar-refractivity contribution in [1.82, 2.24) is 19.4 Å². The highest BCUT2D eigenvalue weighted by Crippen LogP contribution is 2.33. The molecule has 1 saturated heterocycles. The Morgan fingerprint density at radius 3 is 2.42 bits per heavy atom. The molecule has 0 bridgehead atoms. The minimum atomic E-state index is -3.61. The third kappa shape index (κ3) is 4.47. The van der Waals surface area contributed by atoms with E-state index in [0.717, 1.165) is 28.6 Å². The third-order valence-corrected chi connectivity index (χ3v) is 7.72. The molecule has 1 fully saturated rings. The smallest absolute Gasteiger partial charge is 0.248 e. The maximum atomic E-state index is 13.1. The summed E-state index contributed by atoms with van der Waals surface area (Å²) in [6.45, 7) is 8.09. The summed E-state index contributed by atoms with van der Waals surface area (Å²) in [7, 11) is -3.61. The zero-order valence-corrected chi connectivity index (χ0v) is 19.0. The second-order valence-electron chi connectivity index (χ2n) is 8.04. The van der Waals surface area contributed by atoms with Crippen LogP contribution < -0.4 is 5.32 Å². The van der Waals surface area contributed by atoms with Crippen LogP contribution in [-0.4, -0.2) is 40.9 Å². The lowest BCUT2D eigenvalue weighted by molar-refractivity contribution is 0.316. The minimum absolute atomic E-state index is 0.191. The topological polar surface area (TPSA) is 101 Å². The van der Waals surface area contributed by atoms with Gasteiger partial charge in [-0.2, -0.15) is 4.31 Å². The van der Waals surface area contributed by atoms with Crippen LogP contribution in [0, 0.1) is 27.7 Å². The maximum absolute atomic E-state index is 13.1. The monoisotopic (exact) mass is 441 g/mol. The van der Waals surface area contributed by atoms with Gasteiger partial charge in [0.2, 0.25) is 10.0 Å². The number of sulfonamides is 1. The van der Waals surface area contributed by atoms with Gasteiger partial charge in [0, 0.05) is 41.8 Å². The molecule has 0 radical (unpaired) electrons. The molecular formula is C22H27N5O3S. The standard InChI is InChI=1S/C22H27N5O3S/c1-14-6-5-7-21(24-14)25-19-12-15(2)23-20(13-19)18-8-10-27(11-9-18)31(28,29)22-16(3)26-30-17(22)4/h5-7,12-13,18H,8-11H2,1-4H3,(H,23,24,25). The summed E-state index contributed by atoms with van der Waals surface area (Å²) in [6, 6.07) is 9.89. The average Bonchev–Trinajstić information content (AvgIpc) is 3.06. The van der Waals surface area contributed by atoms with Gasteiger partial charge in [-0.1, -0.05) is 11.2 Å². The molecular weight excluding hydrogens is 414 g/mol. The first-order valence-corrected chi connectivity index (χ1v) is 11.8. The van der Waals surface area contributed by atoms with E-state index in [1.54, 1.807) is 13.8 Å². The number of hydrogen-bond donors (Lipinski definition) is 1. The number of hydrogen-bond acceptors (Lipinski definition) is 7. The number of aryl methyl sites for hydroxylation is 4. The molecule has 0 aliphatic carbocycles. The van der Waals surface area contributed by atoms with E-state index in [-0.39, 0.29) is 10.8 Å². The van der Waals surface area contributed by atoms with Gasteiger partial charge in [-0.05, 0) is 64.8 Å². The van der Waals surface area contributed by atoms with Gasteiger partial charge in [-0.25, -0.2) is 13.4 Å². The SMILES string of the molecule is Cc1cccc(Nc2cc(C)nc(C3CCN(S(=O)(=O)c4c(C)noc4C)CC3)c2)n1. The fourth-order valence-electron chi connectivity index (χ4n) is 4.10. The summed E-state index contributed by atoms with van der Waals surface area (Å²) >= 11 is 0. The Kier molecular flexibility index (Phi) is 5.81. The summed E-state index contributed by atoms with van der Waals surface area (Å²) in [6.07, 6.45) is 1.42. The van der Waals surface area contributed by atoms with Gasteiger partial charge in [0.15, 0.2) is 5.76 Å². The number of piperidine rings is 1. The Balaban J connectivity index is 1.49. The van der Waals surface area contributed by atoms with E-state index in [1.165, 1.54) is 4.31 Å². The molecule has 0 atom stereocenters. The molecule has 4 heterocycles. The van der Waals surface area contributed by atoms with Crippen molar-refractivity contribution in [1.29, 1.82) is 0 Å². The molecule has 1 aliphatic rings. The van der Waals surface area contributed by atoms with Gasteiger partial charge in [0.05, 0.1) is 0 Å². The summed E-state index contributed by atoms with van der Waals surface area (Å²) in [5.74, 6) is 1.32. The Morgan fingerprint density at radius 1 is 1.03 bits per heavy atom. The highest BCUT2D eigenvalue weighted by atomic mass is 32.2. The molecule has 9 heteroatoms. The molecule has 164 valence electrons. The van der Waals surface area contributed by atoms with Crippen LogP contribution in [0.15, 0.2) is 39.8 Å². The van der Waals surface area contributed by atoms with Crippen LogP contribution in [-0.2, 0) is 10.0 Å². The number of nitrogens with one attached hydrogen (secondary N) is 1. The first-order chi connectivity index (χ1) is 14.7. The molecule has 3 aromatic heterocycles. The largest absolute Gasteiger partial charge is 0.360 e. The van der Waals surface area contributed by atoms with Crippen LogP contribution in [0.25, 0.3) is 0 Å². The molecule has 0 spiro atoms. The predicted octanol–water partition coefficient (Wildman–Crippen LogP) is 4.01. The Labute approximate surface area is 182 Å². The molecule has 1 aliphatic heterocycles. The van der Waals surface area contributed by atoms with Crippen molar-refractivity contribution in [3.05, 3.63) is 58.9 Å². The summed E-state index contributed by atoms with van der Waals surface area (Å²) < 4.78 is 32.7. The minimum Gasteiger partial charge on any atom is -0.360 e. The molecule has 31 heavy (non-hydrogen) atoms. The van der Waals surface area contributed by atoms with Crippen molar-refractivity contribution in [3.63, 3.8) is 0 Å². The highest BCUT2D eigenvalue weighted by molar-refractivity contribution is 7.89. The van der Waals surface area contributed by atoms with Crippen LogP contribution in [0.4, 0.5) is 11.5 Å². The number of pyridine rings is 2. The zero-order valence-electron chi connectivity index (χ0n) is 18.2. The lowest BCUT2D eigenvalue weighted by Crippen LogP contribution is -2.38. The first kappa shape index (κ1) is 21.5. The molecule has 8 nitrogen and oxygen atoms in total. The molecule has 1 N–H and O–H groups in total. The third-order valence-electron chi connectivity index (χ3n) is 5.57. The van der Waals surface area contributed by atoms with E-state index >= 15 is 0 Å². The first-order valence-electron chi connectivity index (χ1n) is 10.4. The molecule has 0 saturated carbocycles. The van der Waals surface area contributed by atoms with Crippen molar-refractivity contribution in [2.45, 2.75) is 51.3 Å². The summed E-state index contributed by atoms with van der Waals surface area (Å²) in [5, 5.41) is 7.15. The molecule has 0 unspecified atom stereocenters.